The van der Waals surface area contributed by atoms with Gasteiger partial charge in [-0.25, -0.2) is 4.98 Å². The van der Waals surface area contributed by atoms with Crippen LogP contribution in [0, 0.1) is 6.92 Å². The molecule has 6 nitrogen and oxygen atoms in total. The van der Waals surface area contributed by atoms with E-state index in [1.807, 2.05) is 115 Å². The molecule has 4 aromatic carbocycles. The summed E-state index contributed by atoms with van der Waals surface area (Å²) in [5.41, 5.74) is 5.44. The maximum Gasteiger partial charge on any atom is 0.244 e. The third-order valence-corrected chi connectivity index (χ3v) is 8.32. The van der Waals surface area contributed by atoms with Crippen LogP contribution in [0.1, 0.15) is 16.4 Å². The Labute approximate surface area is 253 Å². The lowest BCUT2D eigenvalue weighted by Crippen LogP contribution is -2.19. The molecule has 206 valence electrons. The number of thioether (sulfide) groups is 1. The number of aryl methyl sites for hydroxylation is 1. The maximum atomic E-state index is 13.6. The van der Waals surface area contributed by atoms with Gasteiger partial charge in [0, 0.05) is 27.2 Å². The van der Waals surface area contributed by atoms with Crippen LogP contribution in [0.5, 0.6) is 5.75 Å². The molecule has 5 rings (SSSR count). The van der Waals surface area contributed by atoms with Gasteiger partial charge < -0.3 is 20.7 Å². The number of amides is 1. The number of aromatic nitrogens is 1. The molecule has 0 aliphatic rings. The summed E-state index contributed by atoms with van der Waals surface area (Å²) in [7, 11) is 1.63. The first-order valence-electron chi connectivity index (χ1n) is 12.8. The highest BCUT2D eigenvalue weighted by atomic mass is 32.2. The van der Waals surface area contributed by atoms with Crippen molar-refractivity contribution in [2.75, 3.05) is 23.1 Å². The Kier molecular flexibility index (Phi) is 9.30. The van der Waals surface area contributed by atoms with Crippen molar-refractivity contribution in [2.45, 2.75) is 17.1 Å². The molecule has 0 aliphatic carbocycles. The van der Waals surface area contributed by atoms with Crippen molar-refractivity contribution in [1.29, 1.82) is 0 Å². The van der Waals surface area contributed by atoms with E-state index >= 15 is 0 Å². The van der Waals surface area contributed by atoms with Gasteiger partial charge in [-0.2, -0.15) is 0 Å². The van der Waals surface area contributed by atoms with Crippen LogP contribution in [0.15, 0.2) is 113 Å². The van der Waals surface area contributed by atoms with Crippen molar-refractivity contribution < 1.29 is 9.53 Å². The number of hydrogen-bond donors (Lipinski definition) is 3. The average molecular weight is 597 g/mol. The number of anilines is 3. The summed E-state index contributed by atoms with van der Waals surface area (Å²) in [6.45, 7) is 2.04. The predicted molar refractivity (Wildman–Crippen MR) is 175 cm³/mol. The van der Waals surface area contributed by atoms with E-state index in [1.54, 1.807) is 7.11 Å². The molecule has 0 spiro atoms. The Morgan fingerprint density at radius 1 is 0.878 bits per heavy atom. The molecule has 41 heavy (non-hydrogen) atoms. The SMILES string of the molecule is COc1ccccc1-c1csc(NC(=O)C(Sc2cccc(NC(=S)Nc3ccc(C)cc3)c2)c2ccccc2)n1. The van der Waals surface area contributed by atoms with Crippen LogP contribution in [0.4, 0.5) is 16.5 Å². The van der Waals surface area contributed by atoms with E-state index in [-0.39, 0.29) is 5.91 Å². The van der Waals surface area contributed by atoms with Crippen molar-refractivity contribution in [1.82, 2.24) is 4.98 Å². The fourth-order valence-corrected chi connectivity index (χ4v) is 6.13. The first-order chi connectivity index (χ1) is 20.0. The summed E-state index contributed by atoms with van der Waals surface area (Å²) in [6.07, 6.45) is 0. The summed E-state index contributed by atoms with van der Waals surface area (Å²) in [6, 6.07) is 33.3. The second-order valence-corrected chi connectivity index (χ2v) is 11.6. The van der Waals surface area contributed by atoms with E-state index in [2.05, 4.69) is 20.9 Å². The highest BCUT2D eigenvalue weighted by Gasteiger charge is 2.23. The number of nitrogens with one attached hydrogen (secondary N) is 3. The van der Waals surface area contributed by atoms with Gasteiger partial charge in [0.2, 0.25) is 5.91 Å². The molecule has 1 aromatic heterocycles. The minimum atomic E-state index is -0.498. The number of rotatable bonds is 9. The zero-order chi connectivity index (χ0) is 28.6. The van der Waals surface area contributed by atoms with E-state index in [4.69, 9.17) is 17.0 Å². The zero-order valence-corrected chi connectivity index (χ0v) is 24.9. The number of thiocarbonyl (C=S) groups is 1. The number of ether oxygens (including phenoxy) is 1. The van der Waals surface area contributed by atoms with Crippen LogP contribution in [-0.4, -0.2) is 23.1 Å². The summed E-state index contributed by atoms with van der Waals surface area (Å²) in [5, 5.41) is 11.9. The number of para-hydroxylation sites is 1. The Hall–Kier alpha value is -4.18. The summed E-state index contributed by atoms with van der Waals surface area (Å²) in [5.74, 6) is 0.576. The molecule has 3 N–H and O–H groups in total. The maximum absolute atomic E-state index is 13.6. The monoisotopic (exact) mass is 596 g/mol. The average Bonchev–Trinajstić information content (AvgIpc) is 3.46. The molecule has 9 heteroatoms. The highest BCUT2D eigenvalue weighted by molar-refractivity contribution is 8.00. The minimum Gasteiger partial charge on any atom is -0.496 e. The molecule has 0 saturated carbocycles. The third kappa shape index (κ3) is 7.52. The van der Waals surface area contributed by atoms with Crippen molar-refractivity contribution in [3.05, 3.63) is 120 Å². The molecule has 5 aromatic rings. The van der Waals surface area contributed by atoms with Gasteiger partial charge in [-0.15, -0.1) is 23.1 Å². The Balaban J connectivity index is 1.31. The van der Waals surface area contributed by atoms with Gasteiger partial charge in [0.25, 0.3) is 0 Å². The normalized spacial score (nSPS) is 11.4. The van der Waals surface area contributed by atoms with Crippen LogP contribution in [0.25, 0.3) is 11.3 Å². The first-order valence-corrected chi connectivity index (χ1v) is 15.0. The van der Waals surface area contributed by atoms with Crippen LogP contribution in [-0.2, 0) is 4.79 Å². The lowest BCUT2D eigenvalue weighted by Gasteiger charge is -2.17. The molecule has 1 atom stereocenters. The van der Waals surface area contributed by atoms with E-state index in [1.165, 1.54) is 28.7 Å². The lowest BCUT2D eigenvalue weighted by atomic mass is 10.1. The summed E-state index contributed by atoms with van der Waals surface area (Å²) >= 11 is 8.37. The van der Waals surface area contributed by atoms with Gasteiger partial charge in [0.05, 0.1) is 12.8 Å². The second-order valence-electron chi connectivity index (χ2n) is 9.11. The van der Waals surface area contributed by atoms with Gasteiger partial charge in [-0.3, -0.25) is 4.79 Å². The quantitative estimate of drug-likeness (QED) is 0.117. The second kappa shape index (κ2) is 13.5. The predicted octanol–water partition coefficient (Wildman–Crippen LogP) is 8.41. The van der Waals surface area contributed by atoms with Gasteiger partial charge in [0.1, 0.15) is 11.0 Å². The fourth-order valence-electron chi connectivity index (χ4n) is 4.10. The van der Waals surface area contributed by atoms with Gasteiger partial charge in [-0.1, -0.05) is 66.2 Å². The molecule has 1 unspecified atom stereocenters. The zero-order valence-electron chi connectivity index (χ0n) is 22.5. The molecule has 1 heterocycles. The van der Waals surface area contributed by atoms with Gasteiger partial charge in [0.15, 0.2) is 10.2 Å². The highest BCUT2D eigenvalue weighted by Crippen LogP contribution is 2.38. The van der Waals surface area contributed by atoms with Gasteiger partial charge in [-0.05, 0) is 67.2 Å². The van der Waals surface area contributed by atoms with E-state index in [0.717, 1.165) is 38.8 Å². The fraction of sp³-hybridized carbons (Fsp3) is 0.0938. The van der Waals surface area contributed by atoms with Crippen LogP contribution in [0.3, 0.4) is 0 Å². The third-order valence-electron chi connectivity index (χ3n) is 6.11. The van der Waals surface area contributed by atoms with E-state index in [0.29, 0.717) is 10.2 Å². The van der Waals surface area contributed by atoms with Crippen LogP contribution in [0.2, 0.25) is 0 Å². The molecular weight excluding hydrogens is 569 g/mol. The number of thiazole rings is 1. The number of carbonyl (C=O) groups excluding carboxylic acids is 1. The van der Waals surface area contributed by atoms with E-state index in [9.17, 15) is 4.79 Å². The van der Waals surface area contributed by atoms with Gasteiger partial charge >= 0.3 is 0 Å². The first kappa shape index (κ1) is 28.4. The number of nitrogens with zero attached hydrogens (tertiary/aromatic N) is 1. The van der Waals surface area contributed by atoms with Crippen molar-refractivity contribution in [3.8, 4) is 17.0 Å². The topological polar surface area (TPSA) is 75.3 Å². The molecule has 0 aliphatic heterocycles. The minimum absolute atomic E-state index is 0.156. The molecule has 0 saturated heterocycles. The number of benzene rings is 4. The smallest absolute Gasteiger partial charge is 0.244 e. The summed E-state index contributed by atoms with van der Waals surface area (Å²) in [4.78, 5) is 19.2. The number of carbonyl (C=O) groups is 1. The number of methoxy groups -OCH3 is 1. The van der Waals surface area contributed by atoms with Crippen molar-refractivity contribution in [3.63, 3.8) is 0 Å². The molecule has 0 fully saturated rings. The van der Waals surface area contributed by atoms with Crippen LogP contribution < -0.4 is 20.7 Å². The summed E-state index contributed by atoms with van der Waals surface area (Å²) < 4.78 is 5.48. The standard InChI is InChI=1S/C32H28N4O2S3/c1-21-15-17-23(18-16-21)33-31(39)34-24-11-8-12-25(19-24)41-29(22-9-4-3-5-10-22)30(37)36-32-35-27(20-40-32)26-13-6-7-14-28(26)38-2/h3-20,29H,1-2H3,(H2,33,34,39)(H,35,36,37). The van der Waals surface area contributed by atoms with E-state index < -0.39 is 5.25 Å². The molecule has 1 amide bonds. The Bertz CT molecular complexity index is 1640. The molecular formula is C32H28N4O2S3. The van der Waals surface area contributed by atoms with Crippen molar-refractivity contribution >= 4 is 62.8 Å². The Morgan fingerprint density at radius 2 is 1.61 bits per heavy atom. The molecule has 0 radical (unpaired) electrons. The largest absolute Gasteiger partial charge is 0.496 e. The molecule has 0 bridgehead atoms. The number of hydrogen-bond acceptors (Lipinski definition) is 6. The Morgan fingerprint density at radius 3 is 2.39 bits per heavy atom. The van der Waals surface area contributed by atoms with Crippen molar-refractivity contribution in [2.24, 2.45) is 0 Å². The van der Waals surface area contributed by atoms with Crippen LogP contribution >= 0.6 is 35.3 Å². The lowest BCUT2D eigenvalue weighted by molar-refractivity contribution is -0.115.